The van der Waals surface area contributed by atoms with E-state index in [1.54, 1.807) is 0 Å². The molecule has 13 heavy (non-hydrogen) atoms. The number of hydrogen-bond donors (Lipinski definition) is 1. The minimum atomic E-state index is -0.629. The number of rotatable bonds is 4. The lowest BCUT2D eigenvalue weighted by molar-refractivity contribution is -0.457. The molecule has 2 unspecified atom stereocenters. The lowest BCUT2D eigenvalue weighted by atomic mass is 10.3. The molecule has 0 fully saturated rings. The number of nitrogens with zero attached hydrogens (tertiary/aromatic N) is 2. The van der Waals surface area contributed by atoms with Crippen LogP contribution < -0.4 is 5.32 Å². The van der Waals surface area contributed by atoms with Crippen molar-refractivity contribution in [2.24, 2.45) is 4.36 Å². The average Bonchev–Trinajstić information content (AvgIpc) is 2.08. The first-order chi connectivity index (χ1) is 6.24. The van der Waals surface area contributed by atoms with E-state index in [-0.39, 0.29) is 16.2 Å². The van der Waals surface area contributed by atoms with Crippen molar-refractivity contribution < 1.29 is 9.72 Å². The van der Waals surface area contributed by atoms with E-state index >= 15 is 0 Å². The van der Waals surface area contributed by atoms with Crippen LogP contribution in [0, 0.1) is 10.1 Å². The zero-order valence-corrected chi connectivity index (χ0v) is 7.83. The van der Waals surface area contributed by atoms with Crippen LogP contribution in [0.5, 0.6) is 0 Å². The predicted molar refractivity (Wildman–Crippen MR) is 48.7 cm³/mol. The largest absolute Gasteiger partial charge is 0.346 e. The molecule has 0 bridgehead atoms. The summed E-state index contributed by atoms with van der Waals surface area (Å²) in [5.41, 5.74) is 0. The van der Waals surface area contributed by atoms with Crippen molar-refractivity contribution in [2.45, 2.75) is 18.2 Å². The van der Waals surface area contributed by atoms with Crippen LogP contribution in [0.2, 0.25) is 0 Å². The Hall–Kier alpha value is -0.980. The third-order valence-electron chi connectivity index (χ3n) is 1.70. The Kier molecular flexibility index (Phi) is 3.81. The highest BCUT2D eigenvalue weighted by molar-refractivity contribution is 7.87. The number of carbonyl (C=O) groups is 1. The standard InChI is InChI=1S/C6H11N3O3S/c10-4-7-6-2-1-3-8-13(6)5-9(11)12/h4,6H,1-3,5H2,(H,7,10). The fourth-order valence-electron chi connectivity index (χ4n) is 1.16. The monoisotopic (exact) mass is 205 g/mol. The molecular weight excluding hydrogens is 194 g/mol. The molecule has 74 valence electrons. The van der Waals surface area contributed by atoms with E-state index in [2.05, 4.69) is 9.68 Å². The predicted octanol–water partition coefficient (Wildman–Crippen LogP) is -0.112. The minimum absolute atomic E-state index is 0.128. The highest BCUT2D eigenvalue weighted by atomic mass is 32.2. The maximum absolute atomic E-state index is 10.3. The molecule has 0 saturated carbocycles. The molecule has 2 atom stereocenters. The first kappa shape index (κ1) is 10.1. The van der Waals surface area contributed by atoms with Crippen molar-refractivity contribution in [1.82, 2.24) is 5.32 Å². The molecule has 0 radical (unpaired) electrons. The second-order valence-corrected chi connectivity index (χ2v) is 4.52. The summed E-state index contributed by atoms with van der Waals surface area (Å²) in [5.74, 6) is -0.161. The molecule has 0 aliphatic carbocycles. The van der Waals surface area contributed by atoms with E-state index in [1.807, 2.05) is 0 Å². The number of amides is 1. The van der Waals surface area contributed by atoms with E-state index < -0.39 is 10.7 Å². The second kappa shape index (κ2) is 4.90. The van der Waals surface area contributed by atoms with Gasteiger partial charge in [-0.05, 0) is 23.5 Å². The Morgan fingerprint density at radius 1 is 1.77 bits per heavy atom. The van der Waals surface area contributed by atoms with Crippen LogP contribution in [0.1, 0.15) is 12.8 Å². The SMILES string of the molecule is O=CNC1CCCN=S1C[N+](=O)[O-]. The van der Waals surface area contributed by atoms with Gasteiger partial charge in [-0.15, -0.1) is 0 Å². The van der Waals surface area contributed by atoms with Crippen molar-refractivity contribution in [2.75, 3.05) is 12.4 Å². The molecule has 1 rings (SSSR count). The smallest absolute Gasteiger partial charge is 0.260 e. The Morgan fingerprint density at radius 2 is 2.54 bits per heavy atom. The zero-order valence-electron chi connectivity index (χ0n) is 7.01. The first-order valence-corrected chi connectivity index (χ1v) is 5.34. The zero-order chi connectivity index (χ0) is 9.68. The third-order valence-corrected chi connectivity index (χ3v) is 3.72. The molecular formula is C6H11N3O3S. The van der Waals surface area contributed by atoms with Crippen LogP contribution >= 0.6 is 0 Å². The molecule has 1 aliphatic rings. The van der Waals surface area contributed by atoms with E-state index in [9.17, 15) is 14.9 Å². The summed E-state index contributed by atoms with van der Waals surface area (Å²) in [4.78, 5) is 20.1. The topological polar surface area (TPSA) is 84.6 Å². The van der Waals surface area contributed by atoms with Gasteiger partial charge in [0, 0.05) is 11.5 Å². The fourth-order valence-corrected chi connectivity index (χ4v) is 2.83. The quantitative estimate of drug-likeness (QED) is 0.394. The molecule has 0 aromatic rings. The van der Waals surface area contributed by atoms with Crippen molar-refractivity contribution >= 4 is 17.1 Å². The van der Waals surface area contributed by atoms with Gasteiger partial charge in [-0.2, -0.15) is 0 Å². The lowest BCUT2D eigenvalue weighted by Gasteiger charge is -2.20. The first-order valence-electron chi connectivity index (χ1n) is 3.93. The molecule has 1 N–H and O–H groups in total. The summed E-state index contributed by atoms with van der Waals surface area (Å²) >= 11 is 0. The lowest BCUT2D eigenvalue weighted by Crippen LogP contribution is -2.36. The molecule has 0 saturated heterocycles. The van der Waals surface area contributed by atoms with Crippen LogP contribution in [0.25, 0.3) is 0 Å². The van der Waals surface area contributed by atoms with E-state index in [1.165, 1.54) is 0 Å². The second-order valence-electron chi connectivity index (χ2n) is 2.63. The van der Waals surface area contributed by atoms with Crippen molar-refractivity contribution in [1.29, 1.82) is 0 Å². The van der Waals surface area contributed by atoms with E-state index in [0.29, 0.717) is 13.0 Å². The van der Waals surface area contributed by atoms with Gasteiger partial charge in [0.1, 0.15) is 0 Å². The van der Waals surface area contributed by atoms with Crippen LogP contribution in [0.4, 0.5) is 0 Å². The van der Waals surface area contributed by atoms with Gasteiger partial charge in [0.2, 0.25) is 6.41 Å². The highest BCUT2D eigenvalue weighted by Crippen LogP contribution is 2.11. The Labute approximate surface area is 77.9 Å². The van der Waals surface area contributed by atoms with Gasteiger partial charge < -0.3 is 5.32 Å². The highest BCUT2D eigenvalue weighted by Gasteiger charge is 2.20. The van der Waals surface area contributed by atoms with Crippen molar-refractivity contribution in [3.8, 4) is 0 Å². The molecule has 6 nitrogen and oxygen atoms in total. The third kappa shape index (κ3) is 3.10. The fraction of sp³-hybridized carbons (Fsp3) is 0.833. The van der Waals surface area contributed by atoms with Gasteiger partial charge in [-0.1, -0.05) is 0 Å². The van der Waals surface area contributed by atoms with Gasteiger partial charge in [0.05, 0.1) is 5.37 Å². The Bertz CT molecular complexity index is 243. The van der Waals surface area contributed by atoms with Gasteiger partial charge in [0.25, 0.3) is 5.88 Å². The molecule has 7 heteroatoms. The molecule has 0 aromatic carbocycles. The minimum Gasteiger partial charge on any atom is -0.346 e. The summed E-state index contributed by atoms with van der Waals surface area (Å²) in [6.45, 7) is 0.675. The van der Waals surface area contributed by atoms with Crippen LogP contribution in [0.3, 0.4) is 0 Å². The van der Waals surface area contributed by atoms with E-state index in [0.717, 1.165) is 12.8 Å². The molecule has 0 aromatic heterocycles. The van der Waals surface area contributed by atoms with Crippen molar-refractivity contribution in [3.05, 3.63) is 10.1 Å². The van der Waals surface area contributed by atoms with E-state index in [4.69, 9.17) is 0 Å². The van der Waals surface area contributed by atoms with Gasteiger partial charge >= 0.3 is 0 Å². The summed E-state index contributed by atoms with van der Waals surface area (Å²) in [6.07, 6.45) is 2.28. The van der Waals surface area contributed by atoms with Gasteiger partial charge in [-0.25, -0.2) is 0 Å². The Morgan fingerprint density at radius 3 is 3.15 bits per heavy atom. The van der Waals surface area contributed by atoms with Crippen LogP contribution in [-0.2, 0) is 15.5 Å². The maximum atomic E-state index is 10.3. The molecule has 0 spiro atoms. The van der Waals surface area contributed by atoms with Crippen LogP contribution in [0.15, 0.2) is 4.36 Å². The molecule has 1 heterocycles. The number of carbonyl (C=O) groups excluding carboxylic acids is 1. The maximum Gasteiger partial charge on any atom is 0.260 e. The summed E-state index contributed by atoms with van der Waals surface area (Å²) in [5, 5.41) is 12.7. The number of nitrogens with one attached hydrogen (secondary N) is 1. The molecule has 1 aliphatic heterocycles. The number of nitro groups is 1. The molecule has 1 amide bonds. The number of hydrogen-bond acceptors (Lipinski definition) is 4. The van der Waals surface area contributed by atoms with Gasteiger partial charge in [0.15, 0.2) is 0 Å². The Balaban J connectivity index is 2.59. The van der Waals surface area contributed by atoms with Crippen LogP contribution in [-0.4, -0.2) is 29.1 Å². The summed E-state index contributed by atoms with van der Waals surface area (Å²) in [6, 6.07) is 0. The summed E-state index contributed by atoms with van der Waals surface area (Å²) < 4.78 is 4.13. The normalized spacial score (nSPS) is 27.4. The average molecular weight is 205 g/mol. The van der Waals surface area contributed by atoms with Gasteiger partial charge in [-0.3, -0.25) is 19.3 Å². The van der Waals surface area contributed by atoms with Crippen molar-refractivity contribution in [3.63, 3.8) is 0 Å². The summed E-state index contributed by atoms with van der Waals surface area (Å²) in [7, 11) is -0.629.